The van der Waals surface area contributed by atoms with Gasteiger partial charge in [-0.2, -0.15) is 4.99 Å². The monoisotopic (exact) mass is 624 g/mol. The average molecular weight is 625 g/mol. The van der Waals surface area contributed by atoms with Gasteiger partial charge in [-0.25, -0.2) is 18.9 Å². The van der Waals surface area contributed by atoms with Crippen LogP contribution in [-0.2, 0) is 0 Å². The number of halogens is 4. The van der Waals surface area contributed by atoms with Crippen molar-refractivity contribution in [2.45, 2.75) is 44.5 Å². The van der Waals surface area contributed by atoms with Crippen molar-refractivity contribution in [3.8, 4) is 22.8 Å². The lowest BCUT2D eigenvalue weighted by Crippen LogP contribution is -2.29. The lowest BCUT2D eigenvalue weighted by Gasteiger charge is -2.23. The minimum Gasteiger partial charge on any atom is -0.406 e. The number of rotatable bonds is 7. The van der Waals surface area contributed by atoms with Crippen molar-refractivity contribution in [3.63, 3.8) is 0 Å². The molecule has 1 aliphatic carbocycles. The Bertz CT molecular complexity index is 1690. The maximum atomic E-state index is 13.9. The minimum absolute atomic E-state index is 0.0313. The van der Waals surface area contributed by atoms with Gasteiger partial charge in [0.05, 0.1) is 5.69 Å². The number of thioether (sulfide) groups is 1. The topological polar surface area (TPSA) is 84.6 Å². The highest BCUT2D eigenvalue weighted by Crippen LogP contribution is 2.41. The smallest absolute Gasteiger partial charge is 0.406 e. The van der Waals surface area contributed by atoms with Crippen LogP contribution < -0.4 is 15.0 Å². The number of hydrogen-bond donors (Lipinski definition) is 1. The summed E-state index contributed by atoms with van der Waals surface area (Å²) in [6.45, 7) is 4.71. The molecule has 1 aliphatic heterocycles. The van der Waals surface area contributed by atoms with E-state index in [2.05, 4.69) is 25.1 Å². The summed E-state index contributed by atoms with van der Waals surface area (Å²) in [4.78, 5) is 23.5. The van der Waals surface area contributed by atoms with Crippen molar-refractivity contribution in [1.82, 2.24) is 20.1 Å². The summed E-state index contributed by atoms with van der Waals surface area (Å²) in [5.74, 6) is 0.928. The van der Waals surface area contributed by atoms with Gasteiger partial charge in [0.25, 0.3) is 0 Å². The second-order valence-corrected chi connectivity index (χ2v) is 11.9. The zero-order valence-electron chi connectivity index (χ0n) is 23.8. The molecule has 2 amide bonds. The summed E-state index contributed by atoms with van der Waals surface area (Å²) in [5, 5.41) is 8.05. The molecule has 228 valence electrons. The number of nitrogens with zero attached hydrogens (tertiary/aromatic N) is 5. The Hall–Kier alpha value is -4.39. The molecule has 1 aromatic heterocycles. The molecule has 1 N–H and O–H groups in total. The SMILES string of the molecule is CC(C)c1cc(F)ccc1N1CCSC1=NC(=O)NC1CC1c1ccc(-c2ncn(-c3ccc(OC(F)(F)F)cc3)n2)cc1. The van der Waals surface area contributed by atoms with Gasteiger partial charge in [0.15, 0.2) is 11.0 Å². The molecule has 0 radical (unpaired) electrons. The zero-order valence-corrected chi connectivity index (χ0v) is 24.6. The number of anilines is 1. The first kappa shape index (κ1) is 29.7. The second kappa shape index (κ2) is 11.9. The van der Waals surface area contributed by atoms with Crippen LogP contribution in [0.4, 0.5) is 28.0 Å². The second-order valence-electron chi connectivity index (χ2n) is 10.8. The van der Waals surface area contributed by atoms with Gasteiger partial charge in [0, 0.05) is 35.5 Å². The van der Waals surface area contributed by atoms with Crippen LogP contribution in [0.5, 0.6) is 5.75 Å². The van der Waals surface area contributed by atoms with Crippen LogP contribution in [0, 0.1) is 5.82 Å². The summed E-state index contributed by atoms with van der Waals surface area (Å²) in [6.07, 6.45) is -2.47. The number of carbonyl (C=O) groups excluding carboxylic acids is 1. The lowest BCUT2D eigenvalue weighted by molar-refractivity contribution is -0.274. The molecule has 0 spiro atoms. The molecule has 0 bridgehead atoms. The number of amidine groups is 1. The molecule has 4 aromatic rings. The molecule has 8 nitrogen and oxygen atoms in total. The van der Waals surface area contributed by atoms with Crippen molar-refractivity contribution in [1.29, 1.82) is 0 Å². The number of alkyl halides is 3. The van der Waals surface area contributed by atoms with E-state index in [9.17, 15) is 22.4 Å². The zero-order chi connectivity index (χ0) is 31.0. The number of aromatic nitrogens is 3. The average Bonchev–Trinajstić information content (AvgIpc) is 3.33. The van der Waals surface area contributed by atoms with Crippen molar-refractivity contribution < 1.29 is 27.1 Å². The minimum atomic E-state index is -4.75. The van der Waals surface area contributed by atoms with E-state index in [1.165, 1.54) is 53.1 Å². The predicted octanol–water partition coefficient (Wildman–Crippen LogP) is 7.27. The molecular formula is C31H28F4N6O2S. The van der Waals surface area contributed by atoms with Crippen LogP contribution in [0.25, 0.3) is 17.1 Å². The predicted molar refractivity (Wildman–Crippen MR) is 161 cm³/mol. The first-order valence-electron chi connectivity index (χ1n) is 14.0. The Balaban J connectivity index is 1.06. The highest BCUT2D eigenvalue weighted by molar-refractivity contribution is 8.14. The Labute approximate surface area is 255 Å². The molecular weight excluding hydrogens is 596 g/mol. The number of carbonyl (C=O) groups is 1. The van der Waals surface area contributed by atoms with Crippen LogP contribution in [0.2, 0.25) is 0 Å². The molecule has 1 saturated carbocycles. The Morgan fingerprint density at radius 3 is 2.55 bits per heavy atom. The van der Waals surface area contributed by atoms with Crippen LogP contribution >= 0.6 is 11.8 Å². The van der Waals surface area contributed by atoms with Gasteiger partial charge in [-0.3, -0.25) is 0 Å². The van der Waals surface area contributed by atoms with E-state index in [1.54, 1.807) is 12.1 Å². The van der Waals surface area contributed by atoms with Gasteiger partial charge < -0.3 is 15.0 Å². The molecule has 2 unspecified atom stereocenters. The largest absolute Gasteiger partial charge is 0.573 e. The van der Waals surface area contributed by atoms with Crippen LogP contribution in [0.15, 0.2) is 78.0 Å². The van der Waals surface area contributed by atoms with E-state index in [1.807, 2.05) is 43.0 Å². The van der Waals surface area contributed by atoms with Crippen LogP contribution in [-0.4, -0.2) is 50.7 Å². The van der Waals surface area contributed by atoms with Crippen LogP contribution in [0.3, 0.4) is 0 Å². The van der Waals surface area contributed by atoms with Gasteiger partial charge in [-0.05, 0) is 65.9 Å². The van der Waals surface area contributed by atoms with Crippen molar-refractivity contribution in [2.75, 3.05) is 17.2 Å². The highest BCUT2D eigenvalue weighted by Gasteiger charge is 2.40. The summed E-state index contributed by atoms with van der Waals surface area (Å²) < 4.78 is 56.5. The fourth-order valence-electron chi connectivity index (χ4n) is 5.15. The van der Waals surface area contributed by atoms with Crippen molar-refractivity contribution in [2.24, 2.45) is 4.99 Å². The number of aliphatic imine (C=N–C) groups is 1. The summed E-state index contributed by atoms with van der Waals surface area (Å²) in [7, 11) is 0. The van der Waals surface area contributed by atoms with Gasteiger partial charge in [0.2, 0.25) is 0 Å². The molecule has 13 heteroatoms. The first-order valence-corrected chi connectivity index (χ1v) is 15.0. The number of hydrogen-bond acceptors (Lipinski definition) is 5. The molecule has 2 heterocycles. The molecule has 2 aliphatic rings. The molecule has 2 fully saturated rings. The lowest BCUT2D eigenvalue weighted by atomic mass is 10.0. The standard InChI is InChI=1S/C31H28F4N6O2S/c1-18(2)24-15-21(32)7-12-27(24)40-13-14-44-30(40)38-29(42)37-26-16-25(26)19-3-5-20(6-4-19)28-36-17-41(39-28)22-8-10-23(11-9-22)43-31(33,34)35/h3-12,15,17-18,25-26H,13-14,16H2,1-2H3,(H,37,42). The number of urea groups is 1. The number of benzene rings is 3. The van der Waals surface area contributed by atoms with Gasteiger partial charge in [-0.1, -0.05) is 49.9 Å². The van der Waals surface area contributed by atoms with Gasteiger partial charge >= 0.3 is 12.4 Å². The Morgan fingerprint density at radius 2 is 1.84 bits per heavy atom. The van der Waals surface area contributed by atoms with Crippen molar-refractivity contribution >= 4 is 28.6 Å². The summed E-state index contributed by atoms with van der Waals surface area (Å²) in [5.41, 5.74) is 4.12. The van der Waals surface area contributed by atoms with E-state index in [0.717, 1.165) is 34.6 Å². The van der Waals surface area contributed by atoms with E-state index in [4.69, 9.17) is 0 Å². The van der Waals surface area contributed by atoms with E-state index < -0.39 is 12.4 Å². The summed E-state index contributed by atoms with van der Waals surface area (Å²) in [6, 6.07) is 17.4. The van der Waals surface area contributed by atoms with E-state index in [-0.39, 0.29) is 29.4 Å². The first-order chi connectivity index (χ1) is 21.0. The van der Waals surface area contributed by atoms with E-state index in [0.29, 0.717) is 23.2 Å². The third kappa shape index (κ3) is 6.72. The number of amides is 2. The van der Waals surface area contributed by atoms with Gasteiger partial charge in [0.1, 0.15) is 17.9 Å². The fraction of sp³-hybridized carbons (Fsp3) is 0.290. The summed E-state index contributed by atoms with van der Waals surface area (Å²) >= 11 is 1.51. The van der Waals surface area contributed by atoms with Gasteiger partial charge in [-0.15, -0.1) is 18.3 Å². The maximum Gasteiger partial charge on any atom is 0.573 e. The Morgan fingerprint density at radius 1 is 1.09 bits per heavy atom. The highest BCUT2D eigenvalue weighted by atomic mass is 32.2. The molecule has 6 rings (SSSR count). The fourth-order valence-corrected chi connectivity index (χ4v) is 6.10. The van der Waals surface area contributed by atoms with Crippen molar-refractivity contribution in [3.05, 3.63) is 90.0 Å². The molecule has 44 heavy (non-hydrogen) atoms. The molecule has 1 saturated heterocycles. The quantitative estimate of drug-likeness (QED) is 0.218. The van der Waals surface area contributed by atoms with Crippen LogP contribution in [0.1, 0.15) is 43.2 Å². The van der Waals surface area contributed by atoms with E-state index >= 15 is 0 Å². The normalized spacial score (nSPS) is 19.1. The maximum absolute atomic E-state index is 13.9. The number of nitrogens with one attached hydrogen (secondary N) is 1. The Kier molecular flexibility index (Phi) is 8.06. The molecule has 2 atom stereocenters. The third-order valence-corrected chi connectivity index (χ3v) is 8.36. The number of ether oxygens (including phenoxy) is 1. The molecule has 3 aromatic carbocycles. The third-order valence-electron chi connectivity index (χ3n) is 7.40.